The topological polar surface area (TPSA) is 40.6 Å². The van der Waals surface area contributed by atoms with Crippen molar-refractivity contribution >= 4 is 65.4 Å². The van der Waals surface area contributed by atoms with Crippen LogP contribution in [0.5, 0.6) is 0 Å². The third kappa shape index (κ3) is 5.57. The lowest BCUT2D eigenvalue weighted by Gasteiger charge is -2.12. The molecule has 5 nitrogen and oxygen atoms in total. The van der Waals surface area contributed by atoms with Crippen LogP contribution in [0.4, 0.5) is 0 Å². The first-order valence-corrected chi connectivity index (χ1v) is 21.4. The molecule has 0 spiro atoms. The van der Waals surface area contributed by atoms with Gasteiger partial charge in [-0.1, -0.05) is 133 Å². The van der Waals surface area contributed by atoms with E-state index in [-0.39, 0.29) is 0 Å². The van der Waals surface area contributed by atoms with E-state index in [1.807, 2.05) is 12.1 Å². The molecule has 13 rings (SSSR count). The molecule has 0 atom stereocenters. The standard InChI is InChI=1S/C58H37N5/c1-3-15-38(16-4-1)50-37-51(39-17-5-2-6-18-39)60-58(59-50)40-27-29-41(30-28-40)61-56-33-31-42(62-52-23-11-7-19-44(52)45-20-8-12-24-53(45)62)35-48(56)49-36-43(32-34-57(49)61)63-54-25-13-9-21-46(54)47-22-10-14-26-55(47)63/h1-37H. The molecule has 5 heteroatoms. The zero-order chi connectivity index (χ0) is 41.4. The van der Waals surface area contributed by atoms with E-state index in [9.17, 15) is 0 Å². The van der Waals surface area contributed by atoms with Crippen LogP contribution in [-0.2, 0) is 0 Å². The quantitative estimate of drug-likeness (QED) is 0.168. The number of fused-ring (bicyclic) bond motifs is 9. The molecule has 0 bridgehead atoms. The van der Waals surface area contributed by atoms with Crippen molar-refractivity contribution in [1.29, 1.82) is 0 Å². The predicted octanol–water partition coefficient (Wildman–Crippen LogP) is 14.8. The van der Waals surface area contributed by atoms with Crippen LogP contribution in [0, 0.1) is 0 Å². The van der Waals surface area contributed by atoms with E-state index in [0.29, 0.717) is 5.82 Å². The Morgan fingerprint density at radius 3 is 0.984 bits per heavy atom. The van der Waals surface area contributed by atoms with Crippen molar-refractivity contribution in [2.75, 3.05) is 0 Å². The van der Waals surface area contributed by atoms with Crippen molar-refractivity contribution in [3.8, 4) is 51.0 Å². The number of para-hydroxylation sites is 4. The van der Waals surface area contributed by atoms with Crippen LogP contribution in [-0.4, -0.2) is 23.7 Å². The fourth-order valence-electron chi connectivity index (χ4n) is 9.81. The third-order valence-corrected chi connectivity index (χ3v) is 12.7. The van der Waals surface area contributed by atoms with E-state index in [4.69, 9.17) is 9.97 Å². The molecule has 0 radical (unpaired) electrons. The summed E-state index contributed by atoms with van der Waals surface area (Å²) in [6.07, 6.45) is 0. The number of hydrogen-bond acceptors (Lipinski definition) is 2. The van der Waals surface area contributed by atoms with E-state index >= 15 is 0 Å². The van der Waals surface area contributed by atoms with Crippen LogP contribution >= 0.6 is 0 Å². The molecule has 9 aromatic carbocycles. The number of hydrogen-bond donors (Lipinski definition) is 0. The van der Waals surface area contributed by atoms with Crippen molar-refractivity contribution in [2.24, 2.45) is 0 Å². The summed E-state index contributed by atoms with van der Waals surface area (Å²) in [4.78, 5) is 10.2. The molecule has 0 amide bonds. The zero-order valence-corrected chi connectivity index (χ0v) is 34.1. The summed E-state index contributed by atoms with van der Waals surface area (Å²) in [5.41, 5.74) is 15.2. The second-order valence-corrected chi connectivity index (χ2v) is 16.2. The van der Waals surface area contributed by atoms with E-state index in [1.165, 1.54) is 54.4 Å². The zero-order valence-electron chi connectivity index (χ0n) is 34.1. The Morgan fingerprint density at radius 1 is 0.238 bits per heavy atom. The Balaban J connectivity index is 1.02. The average Bonchev–Trinajstić information content (AvgIpc) is 4.00. The summed E-state index contributed by atoms with van der Waals surface area (Å²) in [5.74, 6) is 0.690. The summed E-state index contributed by atoms with van der Waals surface area (Å²) in [6.45, 7) is 0. The van der Waals surface area contributed by atoms with Gasteiger partial charge in [0.1, 0.15) is 0 Å². The monoisotopic (exact) mass is 803 g/mol. The lowest BCUT2D eigenvalue weighted by atomic mass is 10.1. The Hall–Kier alpha value is -8.54. The molecule has 13 aromatic rings. The van der Waals surface area contributed by atoms with Gasteiger partial charge in [-0.15, -0.1) is 0 Å². The molecule has 0 saturated heterocycles. The highest BCUT2D eigenvalue weighted by Gasteiger charge is 2.19. The Kier molecular flexibility index (Phi) is 7.84. The minimum absolute atomic E-state index is 0.690. The number of aromatic nitrogens is 5. The highest BCUT2D eigenvalue weighted by molar-refractivity contribution is 6.14. The molecule has 4 heterocycles. The predicted molar refractivity (Wildman–Crippen MR) is 261 cm³/mol. The number of benzene rings is 9. The van der Waals surface area contributed by atoms with Crippen molar-refractivity contribution in [3.63, 3.8) is 0 Å². The molecule has 0 aliphatic rings. The van der Waals surface area contributed by atoms with Crippen LogP contribution in [0.15, 0.2) is 224 Å². The Labute approximate surface area is 363 Å². The molecule has 0 fully saturated rings. The lowest BCUT2D eigenvalue weighted by molar-refractivity contribution is 1.15. The van der Waals surface area contributed by atoms with Gasteiger partial charge in [-0.05, 0) is 91.0 Å². The Morgan fingerprint density at radius 2 is 0.571 bits per heavy atom. The molecule has 0 aliphatic carbocycles. The van der Waals surface area contributed by atoms with Gasteiger partial charge in [0.05, 0.1) is 44.5 Å². The largest absolute Gasteiger partial charge is 0.309 e. The molecule has 0 aliphatic heterocycles. The summed E-state index contributed by atoms with van der Waals surface area (Å²) < 4.78 is 7.22. The highest BCUT2D eigenvalue weighted by Crippen LogP contribution is 2.40. The number of nitrogens with zero attached hydrogens (tertiary/aromatic N) is 5. The lowest BCUT2D eigenvalue weighted by Crippen LogP contribution is -1.98. The first kappa shape index (κ1) is 35.2. The third-order valence-electron chi connectivity index (χ3n) is 12.7. The van der Waals surface area contributed by atoms with E-state index in [1.54, 1.807) is 0 Å². The van der Waals surface area contributed by atoms with Crippen molar-refractivity contribution in [3.05, 3.63) is 224 Å². The maximum atomic E-state index is 5.12. The molecule has 0 saturated carbocycles. The van der Waals surface area contributed by atoms with Crippen molar-refractivity contribution in [1.82, 2.24) is 23.7 Å². The van der Waals surface area contributed by atoms with Gasteiger partial charge in [0.25, 0.3) is 0 Å². The van der Waals surface area contributed by atoms with Crippen LogP contribution < -0.4 is 0 Å². The minimum Gasteiger partial charge on any atom is -0.309 e. The van der Waals surface area contributed by atoms with Gasteiger partial charge in [-0.25, -0.2) is 9.97 Å². The average molecular weight is 804 g/mol. The summed E-state index contributed by atoms with van der Waals surface area (Å²) in [6, 6.07) is 80.3. The van der Waals surface area contributed by atoms with Crippen LogP contribution in [0.1, 0.15) is 0 Å². The highest BCUT2D eigenvalue weighted by atomic mass is 15.0. The van der Waals surface area contributed by atoms with Gasteiger partial charge >= 0.3 is 0 Å². The van der Waals surface area contributed by atoms with Crippen molar-refractivity contribution < 1.29 is 0 Å². The SMILES string of the molecule is c1ccc(-c2cc(-c3ccccc3)nc(-c3ccc(-n4c5ccc(-n6c7ccccc7c7ccccc76)cc5c5cc(-n6c7ccccc7c7ccccc76)ccc54)cc3)n2)cc1. The molecular formula is C58H37N5. The second-order valence-electron chi connectivity index (χ2n) is 16.2. The minimum atomic E-state index is 0.690. The van der Waals surface area contributed by atoms with Gasteiger partial charge in [0.2, 0.25) is 0 Å². The van der Waals surface area contributed by atoms with Crippen LogP contribution in [0.3, 0.4) is 0 Å². The molecule has 63 heavy (non-hydrogen) atoms. The number of rotatable bonds is 6. The van der Waals surface area contributed by atoms with Crippen molar-refractivity contribution in [2.45, 2.75) is 0 Å². The van der Waals surface area contributed by atoms with E-state index < -0.39 is 0 Å². The van der Waals surface area contributed by atoms with Gasteiger partial charge in [-0.2, -0.15) is 0 Å². The van der Waals surface area contributed by atoms with Crippen LogP contribution in [0.2, 0.25) is 0 Å². The summed E-state index contributed by atoms with van der Waals surface area (Å²) in [5, 5.41) is 7.36. The maximum absolute atomic E-state index is 5.12. The Bertz CT molecular complexity index is 3560. The van der Waals surface area contributed by atoms with E-state index in [0.717, 1.165) is 56.2 Å². The molecule has 0 N–H and O–H groups in total. The molecule has 4 aromatic heterocycles. The fourth-order valence-corrected chi connectivity index (χ4v) is 9.81. The van der Waals surface area contributed by atoms with E-state index in [2.05, 4.69) is 226 Å². The maximum Gasteiger partial charge on any atom is 0.160 e. The molecule has 294 valence electrons. The summed E-state index contributed by atoms with van der Waals surface area (Å²) in [7, 11) is 0. The van der Waals surface area contributed by atoms with Gasteiger partial charge in [-0.3, -0.25) is 0 Å². The molecular weight excluding hydrogens is 767 g/mol. The first-order chi connectivity index (χ1) is 31.2. The fraction of sp³-hybridized carbons (Fsp3) is 0. The second kappa shape index (κ2) is 14.0. The van der Waals surface area contributed by atoms with Gasteiger partial charge in [0.15, 0.2) is 5.82 Å². The smallest absolute Gasteiger partial charge is 0.160 e. The molecule has 0 unspecified atom stereocenters. The summed E-state index contributed by atoms with van der Waals surface area (Å²) >= 11 is 0. The van der Waals surface area contributed by atoms with Gasteiger partial charge in [0, 0.05) is 66.1 Å². The first-order valence-electron chi connectivity index (χ1n) is 21.4. The van der Waals surface area contributed by atoms with Crippen LogP contribution in [0.25, 0.3) is 116 Å². The normalized spacial score (nSPS) is 11.8. The van der Waals surface area contributed by atoms with Gasteiger partial charge < -0.3 is 13.7 Å².